The topological polar surface area (TPSA) is 29.9 Å². The molecule has 118 valence electrons. The third-order valence-corrected chi connectivity index (χ3v) is 6.43. The smallest absolute Gasteiger partial charge is 0.0766 e. The van der Waals surface area contributed by atoms with Crippen molar-refractivity contribution >= 4 is 15.9 Å². The van der Waals surface area contributed by atoms with Crippen LogP contribution in [0.3, 0.4) is 0 Å². The zero-order valence-corrected chi connectivity index (χ0v) is 15.1. The quantitative estimate of drug-likeness (QED) is 0.809. The average Bonchev–Trinajstić information content (AvgIpc) is 2.82. The van der Waals surface area contributed by atoms with Gasteiger partial charge < -0.3 is 5.32 Å². The van der Waals surface area contributed by atoms with Gasteiger partial charge in [-0.1, -0.05) is 20.3 Å². The van der Waals surface area contributed by atoms with Crippen LogP contribution in [-0.2, 0) is 19.9 Å². The molecule has 2 aliphatic rings. The van der Waals surface area contributed by atoms with Gasteiger partial charge in [0.05, 0.1) is 15.9 Å². The van der Waals surface area contributed by atoms with Gasteiger partial charge in [-0.3, -0.25) is 4.68 Å². The molecule has 2 aliphatic carbocycles. The molecular weight excluding hydrogens is 326 g/mol. The molecule has 0 radical (unpaired) electrons. The fourth-order valence-corrected chi connectivity index (χ4v) is 5.18. The average molecular weight is 354 g/mol. The Hall–Kier alpha value is -0.350. The monoisotopic (exact) mass is 353 g/mol. The van der Waals surface area contributed by atoms with Crippen LogP contribution >= 0.6 is 15.9 Å². The van der Waals surface area contributed by atoms with Gasteiger partial charge in [-0.25, -0.2) is 0 Å². The Kier molecular flexibility index (Phi) is 4.75. The van der Waals surface area contributed by atoms with Crippen molar-refractivity contribution in [1.29, 1.82) is 0 Å². The van der Waals surface area contributed by atoms with Crippen LogP contribution in [-0.4, -0.2) is 22.4 Å². The SMILES string of the molecule is CCCNC(Cc1c(Br)c(CC)nn1C)C1C2CCCC21. The van der Waals surface area contributed by atoms with Crippen LogP contribution in [0.5, 0.6) is 0 Å². The molecule has 3 unspecified atom stereocenters. The molecular formula is C17H28BrN3. The summed E-state index contributed by atoms with van der Waals surface area (Å²) in [5, 5.41) is 8.48. The van der Waals surface area contributed by atoms with Gasteiger partial charge in [0.1, 0.15) is 0 Å². The van der Waals surface area contributed by atoms with E-state index in [2.05, 4.69) is 51.9 Å². The molecule has 0 spiro atoms. The van der Waals surface area contributed by atoms with Crippen molar-refractivity contribution < 1.29 is 0 Å². The second-order valence-electron chi connectivity index (χ2n) is 6.79. The summed E-state index contributed by atoms with van der Waals surface area (Å²) in [5.74, 6) is 2.94. The fraction of sp³-hybridized carbons (Fsp3) is 0.824. The lowest BCUT2D eigenvalue weighted by Gasteiger charge is -2.21. The number of aromatic nitrogens is 2. The van der Waals surface area contributed by atoms with E-state index in [1.807, 2.05) is 0 Å². The van der Waals surface area contributed by atoms with Crippen LogP contribution in [0.1, 0.15) is 50.9 Å². The van der Waals surface area contributed by atoms with Gasteiger partial charge in [0.2, 0.25) is 0 Å². The highest BCUT2D eigenvalue weighted by Crippen LogP contribution is 2.59. The van der Waals surface area contributed by atoms with Crippen molar-refractivity contribution in [3.8, 4) is 0 Å². The number of rotatable bonds is 7. The molecule has 2 fully saturated rings. The lowest BCUT2D eigenvalue weighted by molar-refractivity contribution is 0.396. The predicted octanol–water partition coefficient (Wildman–Crippen LogP) is 3.70. The van der Waals surface area contributed by atoms with E-state index in [0.717, 1.165) is 37.1 Å². The molecule has 0 amide bonds. The maximum Gasteiger partial charge on any atom is 0.0766 e. The third kappa shape index (κ3) is 2.94. The molecule has 0 aromatic carbocycles. The maximum absolute atomic E-state index is 4.66. The Morgan fingerprint density at radius 3 is 2.62 bits per heavy atom. The van der Waals surface area contributed by atoms with E-state index in [0.29, 0.717) is 6.04 Å². The molecule has 0 aliphatic heterocycles. The van der Waals surface area contributed by atoms with Gasteiger partial charge >= 0.3 is 0 Å². The Morgan fingerprint density at radius 1 is 1.33 bits per heavy atom. The second kappa shape index (κ2) is 6.41. The maximum atomic E-state index is 4.66. The molecule has 0 saturated heterocycles. The van der Waals surface area contributed by atoms with Crippen LogP contribution in [0.15, 0.2) is 4.47 Å². The highest BCUT2D eigenvalue weighted by molar-refractivity contribution is 9.10. The molecule has 1 heterocycles. The molecule has 21 heavy (non-hydrogen) atoms. The van der Waals surface area contributed by atoms with Crippen LogP contribution in [0.4, 0.5) is 0 Å². The van der Waals surface area contributed by atoms with Gasteiger partial charge in [0.25, 0.3) is 0 Å². The van der Waals surface area contributed by atoms with Crippen molar-refractivity contribution in [2.45, 2.75) is 58.4 Å². The first-order valence-electron chi connectivity index (χ1n) is 8.61. The number of nitrogens with one attached hydrogen (secondary N) is 1. The number of halogens is 1. The van der Waals surface area contributed by atoms with Gasteiger partial charge in [0.15, 0.2) is 0 Å². The lowest BCUT2D eigenvalue weighted by atomic mass is 9.99. The molecule has 3 atom stereocenters. The number of fused-ring (bicyclic) bond motifs is 1. The Balaban J connectivity index is 1.74. The Labute approximate surface area is 137 Å². The number of nitrogens with zero attached hydrogens (tertiary/aromatic N) is 2. The van der Waals surface area contributed by atoms with Crippen molar-refractivity contribution in [1.82, 2.24) is 15.1 Å². The largest absolute Gasteiger partial charge is 0.313 e. The van der Waals surface area contributed by atoms with Gasteiger partial charge in [-0.2, -0.15) is 5.10 Å². The first-order chi connectivity index (χ1) is 10.2. The van der Waals surface area contributed by atoms with Gasteiger partial charge in [-0.15, -0.1) is 0 Å². The van der Waals surface area contributed by atoms with Crippen LogP contribution in [0, 0.1) is 17.8 Å². The Morgan fingerprint density at radius 2 is 2.05 bits per heavy atom. The van der Waals surface area contributed by atoms with Crippen molar-refractivity contribution in [3.05, 3.63) is 15.9 Å². The molecule has 3 nitrogen and oxygen atoms in total. The summed E-state index contributed by atoms with van der Waals surface area (Å²) in [4.78, 5) is 0. The molecule has 3 rings (SSSR count). The van der Waals surface area contributed by atoms with Crippen LogP contribution < -0.4 is 5.32 Å². The Bertz CT molecular complexity index is 486. The normalized spacial score (nSPS) is 28.7. The van der Waals surface area contributed by atoms with Gasteiger partial charge in [-0.05, 0) is 65.9 Å². The minimum atomic E-state index is 0.636. The van der Waals surface area contributed by atoms with Crippen LogP contribution in [0.2, 0.25) is 0 Å². The summed E-state index contributed by atoms with van der Waals surface area (Å²) in [6.07, 6.45) is 7.71. The third-order valence-electron chi connectivity index (χ3n) is 5.51. The summed E-state index contributed by atoms with van der Waals surface area (Å²) in [6, 6.07) is 0.636. The van der Waals surface area contributed by atoms with Crippen molar-refractivity contribution in [3.63, 3.8) is 0 Å². The number of hydrogen-bond donors (Lipinski definition) is 1. The highest BCUT2D eigenvalue weighted by Gasteiger charge is 2.55. The minimum absolute atomic E-state index is 0.636. The first kappa shape index (κ1) is 15.5. The number of aryl methyl sites for hydroxylation is 2. The zero-order chi connectivity index (χ0) is 15.0. The molecule has 1 aromatic rings. The summed E-state index contributed by atoms with van der Waals surface area (Å²) >= 11 is 3.78. The first-order valence-corrected chi connectivity index (χ1v) is 9.40. The molecule has 1 aromatic heterocycles. The van der Waals surface area contributed by atoms with E-state index < -0.39 is 0 Å². The van der Waals surface area contributed by atoms with E-state index >= 15 is 0 Å². The lowest BCUT2D eigenvalue weighted by Crippen LogP contribution is -2.36. The molecule has 1 N–H and O–H groups in total. The standard InChI is InChI=1S/C17H28BrN3/c1-4-9-19-14(16-11-7-6-8-12(11)16)10-15-17(18)13(5-2)20-21(15)3/h11-12,14,16,19H,4-10H2,1-3H3. The predicted molar refractivity (Wildman–Crippen MR) is 90.4 cm³/mol. The molecule has 0 bridgehead atoms. The summed E-state index contributed by atoms with van der Waals surface area (Å²) in [5.41, 5.74) is 2.56. The highest BCUT2D eigenvalue weighted by atomic mass is 79.9. The van der Waals surface area contributed by atoms with E-state index in [1.54, 1.807) is 0 Å². The van der Waals surface area contributed by atoms with E-state index in [-0.39, 0.29) is 0 Å². The van der Waals surface area contributed by atoms with Crippen LogP contribution in [0.25, 0.3) is 0 Å². The minimum Gasteiger partial charge on any atom is -0.313 e. The van der Waals surface area contributed by atoms with Gasteiger partial charge in [0, 0.05) is 19.5 Å². The zero-order valence-electron chi connectivity index (χ0n) is 13.5. The molecule has 2 saturated carbocycles. The van der Waals surface area contributed by atoms with E-state index in [1.165, 1.54) is 41.5 Å². The summed E-state index contributed by atoms with van der Waals surface area (Å²) < 4.78 is 3.32. The molecule has 4 heteroatoms. The van der Waals surface area contributed by atoms with E-state index in [4.69, 9.17) is 0 Å². The summed E-state index contributed by atoms with van der Waals surface area (Å²) in [7, 11) is 2.09. The number of hydrogen-bond acceptors (Lipinski definition) is 2. The van der Waals surface area contributed by atoms with E-state index in [9.17, 15) is 0 Å². The van der Waals surface area contributed by atoms with Crippen molar-refractivity contribution in [2.75, 3.05) is 6.54 Å². The van der Waals surface area contributed by atoms with Crippen molar-refractivity contribution in [2.24, 2.45) is 24.8 Å². The fourth-order valence-electron chi connectivity index (χ4n) is 4.40. The summed E-state index contributed by atoms with van der Waals surface area (Å²) in [6.45, 7) is 5.57. The second-order valence-corrected chi connectivity index (χ2v) is 7.58.